The fourth-order valence-electron chi connectivity index (χ4n) is 2.80. The normalized spacial score (nSPS) is 11.7. The second kappa shape index (κ2) is 9.41. The number of halogens is 1. The molecule has 138 valence electrons. The average Bonchev–Trinajstić information content (AvgIpc) is 2.57. The summed E-state index contributed by atoms with van der Waals surface area (Å²) >= 11 is 6.26. The minimum atomic E-state index is -0.0534. The number of nitrogens with one attached hydrogen (secondary N) is 2. The monoisotopic (exact) mass is 373 g/mol. The summed E-state index contributed by atoms with van der Waals surface area (Å²) in [5, 5.41) is 3.51. The number of benzene rings is 2. The van der Waals surface area contributed by atoms with Gasteiger partial charge in [-0.1, -0.05) is 30.3 Å². The second-order valence-corrected chi connectivity index (χ2v) is 6.95. The Kier molecular flexibility index (Phi) is 7.25. The SMILES string of the molecule is C=CCOc1ccc(C[NH+](C)CC(=O)Nc2c(C)cc(C)cc2Cl)cc1. The maximum atomic E-state index is 12.4. The van der Waals surface area contributed by atoms with Crippen LogP contribution in [0.3, 0.4) is 0 Å². The van der Waals surface area contributed by atoms with Crippen LogP contribution in [-0.2, 0) is 11.3 Å². The number of hydrogen-bond donors (Lipinski definition) is 2. The van der Waals surface area contributed by atoms with Crippen LogP contribution in [0.5, 0.6) is 5.75 Å². The molecule has 1 unspecified atom stereocenters. The first kappa shape index (κ1) is 20.0. The fraction of sp³-hybridized carbons (Fsp3) is 0.286. The molecule has 2 N–H and O–H groups in total. The summed E-state index contributed by atoms with van der Waals surface area (Å²) in [6.07, 6.45) is 1.71. The molecule has 0 heterocycles. The van der Waals surface area contributed by atoms with Crippen molar-refractivity contribution >= 4 is 23.2 Å². The Morgan fingerprint density at radius 1 is 1.27 bits per heavy atom. The zero-order valence-corrected chi connectivity index (χ0v) is 16.3. The Labute approximate surface area is 160 Å². The second-order valence-electron chi connectivity index (χ2n) is 6.54. The molecule has 0 bridgehead atoms. The average molecular weight is 374 g/mol. The number of aryl methyl sites for hydroxylation is 2. The number of likely N-dealkylation sites (N-methyl/N-ethyl adjacent to an activating group) is 1. The molecule has 0 fully saturated rings. The van der Waals surface area contributed by atoms with Crippen LogP contribution < -0.4 is 15.0 Å². The van der Waals surface area contributed by atoms with E-state index in [2.05, 4.69) is 11.9 Å². The number of quaternary nitrogens is 1. The van der Waals surface area contributed by atoms with Gasteiger partial charge < -0.3 is 15.0 Å². The molecule has 5 heteroatoms. The topological polar surface area (TPSA) is 42.8 Å². The van der Waals surface area contributed by atoms with Gasteiger partial charge in [0.15, 0.2) is 6.54 Å². The molecule has 2 rings (SSSR count). The van der Waals surface area contributed by atoms with Crippen molar-refractivity contribution in [3.63, 3.8) is 0 Å². The summed E-state index contributed by atoms with van der Waals surface area (Å²) in [5.41, 5.74) is 3.88. The van der Waals surface area contributed by atoms with E-state index in [1.165, 1.54) is 0 Å². The Morgan fingerprint density at radius 3 is 2.58 bits per heavy atom. The molecule has 2 aromatic carbocycles. The molecule has 0 radical (unpaired) electrons. The first-order valence-electron chi connectivity index (χ1n) is 8.59. The van der Waals surface area contributed by atoms with Crippen LogP contribution in [0.25, 0.3) is 0 Å². The number of carbonyl (C=O) groups excluding carboxylic acids is 1. The highest BCUT2D eigenvalue weighted by Gasteiger charge is 2.14. The Morgan fingerprint density at radius 2 is 1.96 bits per heavy atom. The third kappa shape index (κ3) is 5.90. The standard InChI is InChI=1S/C21H25ClN2O2/c1-5-10-26-18-8-6-17(7-9-18)13-24(4)14-20(25)23-21-16(3)11-15(2)12-19(21)22/h5-9,11-12H,1,10,13-14H2,2-4H3,(H,23,25)/p+1. The van der Waals surface area contributed by atoms with Crippen LogP contribution in [0, 0.1) is 13.8 Å². The number of anilines is 1. The molecule has 0 aliphatic heterocycles. The summed E-state index contributed by atoms with van der Waals surface area (Å²) in [6, 6.07) is 11.8. The van der Waals surface area contributed by atoms with Crippen molar-refractivity contribution in [3.05, 3.63) is 70.8 Å². The first-order valence-corrected chi connectivity index (χ1v) is 8.97. The van der Waals surface area contributed by atoms with Crippen molar-refractivity contribution in [1.82, 2.24) is 0 Å². The zero-order chi connectivity index (χ0) is 19.1. The Hall–Kier alpha value is -2.30. The highest BCUT2D eigenvalue weighted by Crippen LogP contribution is 2.27. The lowest BCUT2D eigenvalue weighted by atomic mass is 10.1. The molecular weight excluding hydrogens is 348 g/mol. The molecule has 0 saturated heterocycles. The van der Waals surface area contributed by atoms with Crippen LogP contribution in [-0.4, -0.2) is 26.1 Å². The van der Waals surface area contributed by atoms with Crippen molar-refractivity contribution in [2.24, 2.45) is 0 Å². The summed E-state index contributed by atoms with van der Waals surface area (Å²) < 4.78 is 5.48. The predicted molar refractivity (Wildman–Crippen MR) is 107 cm³/mol. The van der Waals surface area contributed by atoms with Crippen molar-refractivity contribution in [1.29, 1.82) is 0 Å². The molecule has 0 aromatic heterocycles. The van der Waals surface area contributed by atoms with E-state index in [1.54, 1.807) is 6.08 Å². The maximum absolute atomic E-state index is 12.4. The van der Waals surface area contributed by atoms with Gasteiger partial charge in [-0.2, -0.15) is 0 Å². The first-order chi connectivity index (χ1) is 12.4. The Bertz CT molecular complexity index is 749. The summed E-state index contributed by atoms with van der Waals surface area (Å²) in [4.78, 5) is 13.4. The van der Waals surface area contributed by atoms with Crippen molar-refractivity contribution in [3.8, 4) is 5.75 Å². The fourth-order valence-corrected chi connectivity index (χ4v) is 3.17. The summed E-state index contributed by atoms with van der Waals surface area (Å²) in [7, 11) is 1.99. The summed E-state index contributed by atoms with van der Waals surface area (Å²) in [5.74, 6) is 0.760. The lowest BCUT2D eigenvalue weighted by molar-refractivity contribution is -0.885. The van der Waals surface area contributed by atoms with E-state index in [9.17, 15) is 4.79 Å². The minimum Gasteiger partial charge on any atom is -0.490 e. The van der Waals surface area contributed by atoms with E-state index in [0.717, 1.165) is 33.9 Å². The van der Waals surface area contributed by atoms with Crippen molar-refractivity contribution in [2.45, 2.75) is 20.4 Å². The third-order valence-corrected chi connectivity index (χ3v) is 4.25. The van der Waals surface area contributed by atoms with Gasteiger partial charge in [0, 0.05) is 5.56 Å². The van der Waals surface area contributed by atoms with Crippen molar-refractivity contribution < 1.29 is 14.4 Å². The van der Waals surface area contributed by atoms with Gasteiger partial charge in [0.25, 0.3) is 5.91 Å². The molecule has 1 amide bonds. The zero-order valence-electron chi connectivity index (χ0n) is 15.6. The number of hydrogen-bond acceptors (Lipinski definition) is 2. The van der Waals surface area contributed by atoms with Gasteiger partial charge in [-0.05, 0) is 55.3 Å². The lowest BCUT2D eigenvalue weighted by Gasteiger charge is -2.16. The van der Waals surface area contributed by atoms with Gasteiger partial charge >= 0.3 is 0 Å². The quantitative estimate of drug-likeness (QED) is 0.698. The van der Waals surface area contributed by atoms with Crippen LogP contribution in [0.4, 0.5) is 5.69 Å². The molecule has 0 aliphatic carbocycles. The molecule has 4 nitrogen and oxygen atoms in total. The van der Waals surface area contributed by atoms with E-state index >= 15 is 0 Å². The van der Waals surface area contributed by atoms with Crippen LogP contribution >= 0.6 is 11.6 Å². The number of rotatable bonds is 8. The van der Waals surface area contributed by atoms with Gasteiger partial charge in [0.2, 0.25) is 0 Å². The third-order valence-electron chi connectivity index (χ3n) is 3.96. The van der Waals surface area contributed by atoms with Gasteiger partial charge in [-0.25, -0.2) is 0 Å². The molecule has 2 aromatic rings. The molecule has 0 spiro atoms. The predicted octanol–water partition coefficient (Wildman–Crippen LogP) is 3.18. The smallest absolute Gasteiger partial charge is 0.279 e. The highest BCUT2D eigenvalue weighted by atomic mass is 35.5. The number of ether oxygens (including phenoxy) is 1. The number of carbonyl (C=O) groups is 1. The van der Waals surface area contributed by atoms with E-state index in [0.29, 0.717) is 23.9 Å². The highest BCUT2D eigenvalue weighted by molar-refractivity contribution is 6.34. The van der Waals surface area contributed by atoms with E-state index < -0.39 is 0 Å². The van der Waals surface area contributed by atoms with Gasteiger partial charge in [-0.15, -0.1) is 0 Å². The van der Waals surface area contributed by atoms with E-state index in [4.69, 9.17) is 16.3 Å². The summed E-state index contributed by atoms with van der Waals surface area (Å²) in [6.45, 7) is 9.16. The largest absolute Gasteiger partial charge is 0.490 e. The molecular formula is C21H26ClN2O2+. The van der Waals surface area contributed by atoms with Gasteiger partial charge in [-0.3, -0.25) is 4.79 Å². The van der Waals surface area contributed by atoms with Gasteiger partial charge in [0.1, 0.15) is 18.9 Å². The molecule has 26 heavy (non-hydrogen) atoms. The number of amides is 1. The van der Waals surface area contributed by atoms with E-state index in [-0.39, 0.29) is 5.91 Å². The molecule has 1 atom stereocenters. The lowest BCUT2D eigenvalue weighted by Crippen LogP contribution is -3.08. The van der Waals surface area contributed by atoms with Gasteiger partial charge in [0.05, 0.1) is 17.8 Å². The van der Waals surface area contributed by atoms with Crippen LogP contribution in [0.2, 0.25) is 5.02 Å². The maximum Gasteiger partial charge on any atom is 0.279 e. The Balaban J connectivity index is 1.90. The van der Waals surface area contributed by atoms with Crippen LogP contribution in [0.1, 0.15) is 16.7 Å². The van der Waals surface area contributed by atoms with Crippen molar-refractivity contribution in [2.75, 3.05) is 25.5 Å². The minimum absolute atomic E-state index is 0.0534. The van der Waals surface area contributed by atoms with E-state index in [1.807, 2.05) is 57.3 Å². The molecule has 0 aliphatic rings. The molecule has 0 saturated carbocycles. The van der Waals surface area contributed by atoms with Crippen LogP contribution in [0.15, 0.2) is 49.1 Å².